The molecule has 0 heterocycles. The van der Waals surface area contributed by atoms with Crippen molar-refractivity contribution >= 4 is 15.9 Å². The van der Waals surface area contributed by atoms with Gasteiger partial charge in [0.2, 0.25) is 0 Å². The molecule has 0 aliphatic heterocycles. The van der Waals surface area contributed by atoms with Gasteiger partial charge in [-0.1, -0.05) is 54.2 Å². The van der Waals surface area contributed by atoms with Gasteiger partial charge in [-0.15, -0.1) is 0 Å². The number of hydrogen-bond donors (Lipinski definition) is 1. The second kappa shape index (κ2) is 7.44. The maximum atomic E-state index is 3.57. The Hall–Kier alpha value is -0.340. The Labute approximate surface area is 126 Å². The van der Waals surface area contributed by atoms with Crippen molar-refractivity contribution in [1.29, 1.82) is 0 Å². The van der Waals surface area contributed by atoms with E-state index in [9.17, 15) is 0 Å². The van der Waals surface area contributed by atoms with E-state index in [1.165, 1.54) is 42.1 Å². The van der Waals surface area contributed by atoms with Crippen LogP contribution in [0.5, 0.6) is 0 Å². The maximum Gasteiger partial charge on any atom is 0.0178 e. The molecule has 1 aliphatic carbocycles. The van der Waals surface area contributed by atoms with E-state index in [0.29, 0.717) is 6.04 Å². The summed E-state index contributed by atoms with van der Waals surface area (Å²) >= 11 is 3.57. The normalized spacial score (nSPS) is 25.2. The van der Waals surface area contributed by atoms with E-state index in [2.05, 4.69) is 59.5 Å². The summed E-state index contributed by atoms with van der Waals surface area (Å²) in [5.74, 6) is 1.84. The van der Waals surface area contributed by atoms with Crippen LogP contribution in [0.1, 0.15) is 44.6 Å². The van der Waals surface area contributed by atoms with E-state index in [4.69, 9.17) is 0 Å². The van der Waals surface area contributed by atoms with E-state index in [0.717, 1.165) is 18.3 Å². The van der Waals surface area contributed by atoms with Gasteiger partial charge in [0.05, 0.1) is 0 Å². The molecule has 2 heteroatoms. The van der Waals surface area contributed by atoms with Crippen molar-refractivity contribution in [1.82, 2.24) is 5.32 Å². The Morgan fingerprint density at radius 1 is 1.26 bits per heavy atom. The molecule has 1 aliphatic rings. The van der Waals surface area contributed by atoms with Gasteiger partial charge in [-0.25, -0.2) is 0 Å². The average Bonchev–Trinajstić information content (AvgIpc) is 2.45. The second-order valence-electron chi connectivity index (χ2n) is 5.92. The van der Waals surface area contributed by atoms with Gasteiger partial charge in [-0.3, -0.25) is 0 Å². The van der Waals surface area contributed by atoms with Crippen LogP contribution in [0.15, 0.2) is 28.7 Å². The Morgan fingerprint density at radius 2 is 2.00 bits per heavy atom. The van der Waals surface area contributed by atoms with Crippen molar-refractivity contribution in [2.24, 2.45) is 11.8 Å². The molecule has 19 heavy (non-hydrogen) atoms. The lowest BCUT2D eigenvalue weighted by Gasteiger charge is -2.33. The van der Waals surface area contributed by atoms with Gasteiger partial charge in [0.15, 0.2) is 0 Å². The van der Waals surface area contributed by atoms with E-state index >= 15 is 0 Å². The number of halogens is 1. The lowest BCUT2D eigenvalue weighted by atomic mass is 9.76. The van der Waals surface area contributed by atoms with Crippen molar-refractivity contribution in [2.75, 3.05) is 7.05 Å². The number of benzene rings is 1. The molecule has 1 fully saturated rings. The molecule has 106 valence electrons. The molecule has 1 aromatic carbocycles. The van der Waals surface area contributed by atoms with Crippen LogP contribution in [-0.2, 0) is 6.42 Å². The minimum Gasteiger partial charge on any atom is -0.316 e. The van der Waals surface area contributed by atoms with Crippen molar-refractivity contribution in [3.05, 3.63) is 34.3 Å². The summed E-state index contributed by atoms with van der Waals surface area (Å²) in [6, 6.07) is 9.37. The predicted octanol–water partition coefficient (Wildman–Crippen LogP) is 4.80. The largest absolute Gasteiger partial charge is 0.316 e. The van der Waals surface area contributed by atoms with E-state index in [1.54, 1.807) is 0 Å². The zero-order chi connectivity index (χ0) is 13.7. The standard InChI is InChI=1S/C17H26BrN/c1-3-13-7-9-15(10-8-13)17(19-2)12-14-5-4-6-16(18)11-14/h4-6,11,13,15,17,19H,3,7-10,12H2,1-2H3. The molecular formula is C17H26BrN. The summed E-state index contributed by atoms with van der Waals surface area (Å²) in [5, 5.41) is 3.56. The number of hydrogen-bond acceptors (Lipinski definition) is 1. The summed E-state index contributed by atoms with van der Waals surface area (Å²) in [6.07, 6.45) is 8.17. The van der Waals surface area contributed by atoms with Crippen LogP contribution in [0, 0.1) is 11.8 Å². The summed E-state index contributed by atoms with van der Waals surface area (Å²) in [5.41, 5.74) is 1.44. The van der Waals surface area contributed by atoms with E-state index in [1.807, 2.05) is 0 Å². The zero-order valence-electron chi connectivity index (χ0n) is 12.2. The second-order valence-corrected chi connectivity index (χ2v) is 6.83. The van der Waals surface area contributed by atoms with Crippen molar-refractivity contribution in [3.63, 3.8) is 0 Å². The predicted molar refractivity (Wildman–Crippen MR) is 86.4 cm³/mol. The first-order valence-electron chi connectivity index (χ1n) is 7.64. The Kier molecular flexibility index (Phi) is 5.90. The molecule has 1 N–H and O–H groups in total. The molecule has 0 radical (unpaired) electrons. The lowest BCUT2D eigenvalue weighted by molar-refractivity contribution is 0.222. The fourth-order valence-corrected chi connectivity index (χ4v) is 3.87. The fourth-order valence-electron chi connectivity index (χ4n) is 3.42. The van der Waals surface area contributed by atoms with Crippen molar-refractivity contribution in [2.45, 2.75) is 51.5 Å². The molecule has 1 nitrogen and oxygen atoms in total. The fraction of sp³-hybridized carbons (Fsp3) is 0.647. The van der Waals surface area contributed by atoms with Crippen LogP contribution < -0.4 is 5.32 Å². The Balaban J connectivity index is 1.93. The van der Waals surface area contributed by atoms with Crippen LogP contribution in [0.4, 0.5) is 0 Å². The molecular weight excluding hydrogens is 298 g/mol. The summed E-state index contributed by atoms with van der Waals surface area (Å²) < 4.78 is 1.19. The van der Waals surface area contributed by atoms with Crippen LogP contribution in [0.25, 0.3) is 0 Å². The maximum absolute atomic E-state index is 3.57. The average molecular weight is 324 g/mol. The van der Waals surface area contributed by atoms with Gasteiger partial charge in [0.1, 0.15) is 0 Å². The van der Waals surface area contributed by atoms with Crippen molar-refractivity contribution < 1.29 is 0 Å². The SMILES string of the molecule is CCC1CCC(C(Cc2cccc(Br)c2)NC)CC1. The lowest BCUT2D eigenvalue weighted by Crippen LogP contribution is -2.37. The monoisotopic (exact) mass is 323 g/mol. The molecule has 0 bridgehead atoms. The minimum atomic E-state index is 0.632. The molecule has 1 atom stereocenters. The smallest absolute Gasteiger partial charge is 0.0178 e. The third-order valence-corrected chi connectivity index (χ3v) is 5.25. The van der Waals surface area contributed by atoms with Gasteiger partial charge in [-0.2, -0.15) is 0 Å². The first kappa shape index (κ1) is 15.1. The molecule has 0 saturated heterocycles. The quantitative estimate of drug-likeness (QED) is 0.821. The van der Waals surface area contributed by atoms with E-state index < -0.39 is 0 Å². The van der Waals surface area contributed by atoms with Crippen LogP contribution >= 0.6 is 15.9 Å². The van der Waals surface area contributed by atoms with Gasteiger partial charge < -0.3 is 5.32 Å². The van der Waals surface area contributed by atoms with Gasteiger partial charge >= 0.3 is 0 Å². The molecule has 1 aromatic rings. The number of likely N-dealkylation sites (N-methyl/N-ethyl adjacent to an activating group) is 1. The summed E-state index contributed by atoms with van der Waals surface area (Å²) in [6.45, 7) is 2.34. The third kappa shape index (κ3) is 4.32. The highest BCUT2D eigenvalue weighted by molar-refractivity contribution is 9.10. The molecule has 0 aromatic heterocycles. The summed E-state index contributed by atoms with van der Waals surface area (Å²) in [7, 11) is 2.12. The van der Waals surface area contributed by atoms with E-state index in [-0.39, 0.29) is 0 Å². The number of nitrogens with one attached hydrogen (secondary N) is 1. The highest BCUT2D eigenvalue weighted by Crippen LogP contribution is 2.33. The molecule has 1 unspecified atom stereocenters. The molecule has 0 amide bonds. The van der Waals surface area contributed by atoms with Gasteiger partial charge in [0, 0.05) is 10.5 Å². The summed E-state index contributed by atoms with van der Waals surface area (Å²) in [4.78, 5) is 0. The molecule has 2 rings (SSSR count). The number of rotatable bonds is 5. The molecule has 1 saturated carbocycles. The topological polar surface area (TPSA) is 12.0 Å². The van der Waals surface area contributed by atoms with Gasteiger partial charge in [0.25, 0.3) is 0 Å². The van der Waals surface area contributed by atoms with Crippen LogP contribution in [0.3, 0.4) is 0 Å². The minimum absolute atomic E-state index is 0.632. The first-order valence-corrected chi connectivity index (χ1v) is 8.44. The van der Waals surface area contributed by atoms with Gasteiger partial charge in [-0.05, 0) is 55.8 Å². The molecule has 0 spiro atoms. The van der Waals surface area contributed by atoms with Crippen molar-refractivity contribution in [3.8, 4) is 0 Å². The Bertz CT molecular complexity index is 383. The Morgan fingerprint density at radius 3 is 2.58 bits per heavy atom. The van der Waals surface area contributed by atoms with Crippen LogP contribution in [-0.4, -0.2) is 13.1 Å². The van der Waals surface area contributed by atoms with Crippen LogP contribution in [0.2, 0.25) is 0 Å². The highest BCUT2D eigenvalue weighted by Gasteiger charge is 2.26. The zero-order valence-corrected chi connectivity index (χ0v) is 13.7. The highest BCUT2D eigenvalue weighted by atomic mass is 79.9. The first-order chi connectivity index (χ1) is 9.22. The third-order valence-electron chi connectivity index (χ3n) is 4.75.